The van der Waals surface area contributed by atoms with Crippen LogP contribution in [-0.4, -0.2) is 29.2 Å². The van der Waals surface area contributed by atoms with Crippen LogP contribution >= 0.6 is 0 Å². The summed E-state index contributed by atoms with van der Waals surface area (Å²) in [4.78, 5) is 22.4. The van der Waals surface area contributed by atoms with E-state index < -0.39 is 11.7 Å². The van der Waals surface area contributed by atoms with Crippen molar-refractivity contribution in [3.05, 3.63) is 65.0 Å². The average molecular weight is 452 g/mol. The van der Waals surface area contributed by atoms with E-state index in [1.807, 2.05) is 32.0 Å². The molecule has 1 fully saturated rings. The Kier molecular flexibility index (Phi) is 4.84. The molecule has 0 amide bonds. The zero-order chi connectivity index (χ0) is 23.4. The summed E-state index contributed by atoms with van der Waals surface area (Å²) < 4.78 is 41.2. The van der Waals surface area contributed by atoms with E-state index in [4.69, 9.17) is 9.72 Å². The van der Waals surface area contributed by atoms with Crippen LogP contribution in [-0.2, 0) is 16.6 Å². The third kappa shape index (κ3) is 3.79. The summed E-state index contributed by atoms with van der Waals surface area (Å²) in [6.45, 7) is 3.89. The minimum Gasteiger partial charge on any atom is -0.481 e. The molecule has 1 aliphatic heterocycles. The number of hydrogen-bond acceptors (Lipinski definition) is 6. The molecule has 1 aromatic carbocycles. The lowest BCUT2D eigenvalue weighted by atomic mass is 9.88. The number of Topliss-reactive ketones (excluding diaryl/α,β-unsaturated/α-hetero) is 1. The van der Waals surface area contributed by atoms with Crippen molar-refractivity contribution in [1.82, 2.24) is 9.97 Å². The number of aromatic nitrogens is 2. The smallest absolute Gasteiger partial charge is 0.481 e. The first-order valence-corrected chi connectivity index (χ1v) is 10.6. The van der Waals surface area contributed by atoms with Gasteiger partial charge in [-0.1, -0.05) is 12.1 Å². The first kappa shape index (κ1) is 21.3. The van der Waals surface area contributed by atoms with Gasteiger partial charge in [0.25, 0.3) is 0 Å². The fourth-order valence-electron chi connectivity index (χ4n) is 4.26. The molecule has 0 unspecified atom stereocenters. The first-order valence-electron chi connectivity index (χ1n) is 10.6. The third-order valence-corrected chi connectivity index (χ3v) is 6.17. The molecule has 0 N–H and O–H groups in total. The third-order valence-electron chi connectivity index (χ3n) is 6.17. The van der Waals surface area contributed by atoms with Crippen LogP contribution in [0.5, 0.6) is 17.4 Å². The lowest BCUT2D eigenvalue weighted by molar-refractivity contribution is -0.286. The number of nitrogens with zero attached hydrogens (tertiary/aromatic N) is 2. The van der Waals surface area contributed by atoms with Crippen molar-refractivity contribution in [1.29, 1.82) is 0 Å². The topological polar surface area (TPSA) is 70.5 Å². The maximum atomic E-state index is 13.4. The van der Waals surface area contributed by atoms with Gasteiger partial charge < -0.3 is 14.2 Å². The number of ether oxygens (including phenoxy) is 3. The van der Waals surface area contributed by atoms with Crippen molar-refractivity contribution >= 4 is 5.78 Å². The van der Waals surface area contributed by atoms with Crippen molar-refractivity contribution in [3.8, 4) is 28.6 Å². The predicted octanol–water partition coefficient (Wildman–Crippen LogP) is 4.93. The fraction of sp³-hybridized carbons (Fsp3) is 0.320. The van der Waals surface area contributed by atoms with Crippen LogP contribution in [0.4, 0.5) is 8.78 Å². The number of benzene rings is 1. The summed E-state index contributed by atoms with van der Waals surface area (Å²) in [5.41, 5.74) is 3.96. The molecule has 2 aromatic heterocycles. The van der Waals surface area contributed by atoms with Gasteiger partial charge in [-0.2, -0.15) is 0 Å². The summed E-state index contributed by atoms with van der Waals surface area (Å²) >= 11 is 0. The van der Waals surface area contributed by atoms with E-state index in [1.165, 1.54) is 12.1 Å². The van der Waals surface area contributed by atoms with Crippen LogP contribution in [0.1, 0.15) is 35.2 Å². The zero-order valence-corrected chi connectivity index (χ0v) is 18.4. The number of hydrogen-bond donors (Lipinski definition) is 0. The molecule has 0 atom stereocenters. The molecule has 0 saturated heterocycles. The molecule has 1 saturated carbocycles. The van der Waals surface area contributed by atoms with E-state index in [9.17, 15) is 13.6 Å². The van der Waals surface area contributed by atoms with Gasteiger partial charge in [0, 0.05) is 18.3 Å². The molecule has 5 rings (SSSR count). The van der Waals surface area contributed by atoms with Gasteiger partial charge in [-0.3, -0.25) is 9.78 Å². The van der Waals surface area contributed by atoms with Crippen LogP contribution in [0.3, 0.4) is 0 Å². The number of halogens is 2. The molecule has 3 aromatic rings. The summed E-state index contributed by atoms with van der Waals surface area (Å²) in [6.07, 6.45) is -0.537. The van der Waals surface area contributed by atoms with Crippen LogP contribution in [0.15, 0.2) is 42.6 Å². The molecule has 0 bridgehead atoms. The molecule has 170 valence electrons. The number of alkyl halides is 2. The molecule has 8 heteroatoms. The first-order chi connectivity index (χ1) is 15.7. The standard InChI is InChI=1S/C25H22F2N2O4/c1-14-10-18(23(31-3)28-13-14)22-15(2)4-6-17(29-22)12-21(30)24(8-9-24)16-5-7-19-20(11-16)33-25(26,27)32-19/h4-7,10-11,13H,8-9,12H2,1-3H3. The number of fused-ring (bicyclic) bond motifs is 1. The predicted molar refractivity (Wildman–Crippen MR) is 116 cm³/mol. The molecular weight excluding hydrogens is 430 g/mol. The number of carbonyl (C=O) groups excluding carboxylic acids is 1. The lowest BCUT2D eigenvalue weighted by Gasteiger charge is -2.16. The minimum atomic E-state index is -3.68. The van der Waals surface area contributed by atoms with Crippen molar-refractivity contribution in [3.63, 3.8) is 0 Å². The van der Waals surface area contributed by atoms with Gasteiger partial charge in [-0.25, -0.2) is 4.98 Å². The highest BCUT2D eigenvalue weighted by Crippen LogP contribution is 2.52. The van der Waals surface area contributed by atoms with E-state index >= 15 is 0 Å². The second kappa shape index (κ2) is 7.50. The fourth-order valence-corrected chi connectivity index (χ4v) is 4.26. The van der Waals surface area contributed by atoms with Crippen LogP contribution in [0, 0.1) is 13.8 Å². The molecule has 0 radical (unpaired) electrons. The summed E-state index contributed by atoms with van der Waals surface area (Å²) in [5.74, 6) is 0.379. The largest absolute Gasteiger partial charge is 0.586 e. The van der Waals surface area contributed by atoms with Crippen molar-refractivity contribution in [2.75, 3.05) is 7.11 Å². The van der Waals surface area contributed by atoms with Gasteiger partial charge in [-0.15, -0.1) is 8.78 Å². The van der Waals surface area contributed by atoms with E-state index in [1.54, 1.807) is 19.4 Å². The lowest BCUT2D eigenvalue weighted by Crippen LogP contribution is -2.26. The molecule has 33 heavy (non-hydrogen) atoms. The second-order valence-electron chi connectivity index (χ2n) is 8.55. The Morgan fingerprint density at radius 2 is 1.85 bits per heavy atom. The quantitative estimate of drug-likeness (QED) is 0.528. The van der Waals surface area contributed by atoms with Gasteiger partial charge in [-0.05, 0) is 67.6 Å². The minimum absolute atomic E-state index is 0.00948. The van der Waals surface area contributed by atoms with Crippen molar-refractivity contribution in [2.24, 2.45) is 0 Å². The number of pyridine rings is 2. The van der Waals surface area contributed by atoms with E-state index in [2.05, 4.69) is 14.5 Å². The highest BCUT2D eigenvalue weighted by Gasteiger charge is 2.52. The Labute approximate surface area is 189 Å². The zero-order valence-electron chi connectivity index (χ0n) is 18.4. The molecule has 0 spiro atoms. The van der Waals surface area contributed by atoms with Crippen LogP contribution < -0.4 is 14.2 Å². The maximum absolute atomic E-state index is 13.4. The number of methoxy groups -OCH3 is 1. The van der Waals surface area contributed by atoms with Gasteiger partial charge in [0.2, 0.25) is 5.88 Å². The Hall–Kier alpha value is -3.55. The van der Waals surface area contributed by atoms with Gasteiger partial charge in [0.05, 0.1) is 23.8 Å². The van der Waals surface area contributed by atoms with Gasteiger partial charge in [0.1, 0.15) is 5.78 Å². The van der Waals surface area contributed by atoms with E-state index in [-0.39, 0.29) is 23.7 Å². The van der Waals surface area contributed by atoms with Gasteiger partial charge in [0.15, 0.2) is 11.5 Å². The number of rotatable bonds is 6. The molecule has 2 aliphatic rings. The number of aryl methyl sites for hydroxylation is 2. The van der Waals surface area contributed by atoms with E-state index in [0.29, 0.717) is 35.7 Å². The second-order valence-corrected chi connectivity index (χ2v) is 8.55. The number of carbonyl (C=O) groups is 1. The van der Waals surface area contributed by atoms with E-state index in [0.717, 1.165) is 16.7 Å². The Balaban J connectivity index is 1.43. The highest BCUT2D eigenvalue weighted by molar-refractivity contribution is 5.94. The Morgan fingerprint density at radius 1 is 1.09 bits per heavy atom. The highest BCUT2D eigenvalue weighted by atomic mass is 19.3. The van der Waals surface area contributed by atoms with Crippen LogP contribution in [0.25, 0.3) is 11.3 Å². The molecule has 1 aliphatic carbocycles. The molecule has 6 nitrogen and oxygen atoms in total. The van der Waals surface area contributed by atoms with Crippen molar-refractivity contribution in [2.45, 2.75) is 44.8 Å². The summed E-state index contributed by atoms with van der Waals surface area (Å²) in [5, 5.41) is 0. The Morgan fingerprint density at radius 3 is 2.58 bits per heavy atom. The monoisotopic (exact) mass is 452 g/mol. The average Bonchev–Trinajstić information content (AvgIpc) is 3.52. The summed E-state index contributed by atoms with van der Waals surface area (Å²) in [6, 6.07) is 10.3. The normalized spacial score (nSPS) is 17.0. The number of ketones is 1. The molecular formula is C25H22F2N2O4. The summed E-state index contributed by atoms with van der Waals surface area (Å²) in [7, 11) is 1.56. The van der Waals surface area contributed by atoms with Crippen molar-refractivity contribution < 1.29 is 27.8 Å². The maximum Gasteiger partial charge on any atom is 0.586 e. The SMILES string of the molecule is COc1ncc(C)cc1-c1nc(CC(=O)C2(c3ccc4c(c3)OC(F)(F)O4)CC2)ccc1C. The van der Waals surface area contributed by atoms with Gasteiger partial charge >= 0.3 is 6.29 Å². The molecule has 3 heterocycles. The van der Waals surface area contributed by atoms with Crippen LogP contribution in [0.2, 0.25) is 0 Å². The Bertz CT molecular complexity index is 1270.